The Morgan fingerprint density at radius 2 is 1.50 bits per heavy atom. The maximum absolute atomic E-state index is 10.5. The van der Waals surface area contributed by atoms with Crippen LogP contribution in [0.25, 0.3) is 0 Å². The second-order valence-electron chi connectivity index (χ2n) is 5.97. The average molecular weight is 277 g/mol. The van der Waals surface area contributed by atoms with Gasteiger partial charge in [0.1, 0.15) is 0 Å². The Balaban J connectivity index is 2.68. The van der Waals surface area contributed by atoms with E-state index in [1.807, 2.05) is 0 Å². The molecule has 114 valence electrons. The summed E-state index contributed by atoms with van der Waals surface area (Å²) in [6.07, 6.45) is 2.04. The number of nitrogens with zero attached hydrogens (tertiary/aromatic N) is 1. The van der Waals surface area contributed by atoms with Crippen LogP contribution in [-0.4, -0.2) is 29.6 Å². The van der Waals surface area contributed by atoms with E-state index < -0.39 is 0 Å². The second kappa shape index (κ2) is 8.43. The van der Waals surface area contributed by atoms with E-state index >= 15 is 0 Å². The van der Waals surface area contributed by atoms with Gasteiger partial charge < -0.3 is 10.0 Å². The first-order valence-electron chi connectivity index (χ1n) is 7.98. The number of rotatable bonds is 8. The number of hydrogen-bond donors (Lipinski definition) is 1. The van der Waals surface area contributed by atoms with E-state index in [4.69, 9.17) is 0 Å². The lowest BCUT2D eigenvalue weighted by Gasteiger charge is -2.27. The largest absolute Gasteiger partial charge is 0.387 e. The molecule has 0 bridgehead atoms. The zero-order valence-electron chi connectivity index (χ0n) is 13.8. The highest BCUT2D eigenvalue weighted by atomic mass is 16.3. The summed E-state index contributed by atoms with van der Waals surface area (Å²) in [5, 5.41) is 10.5. The molecule has 0 heterocycles. The normalized spacial score (nSPS) is 13.2. The zero-order valence-corrected chi connectivity index (χ0v) is 13.8. The summed E-state index contributed by atoms with van der Waals surface area (Å²) in [6.45, 7) is 13.7. The van der Waals surface area contributed by atoms with Gasteiger partial charge in [-0.3, -0.25) is 0 Å². The van der Waals surface area contributed by atoms with Crippen molar-refractivity contribution in [3.8, 4) is 0 Å². The van der Waals surface area contributed by atoms with Crippen molar-refractivity contribution in [3.05, 3.63) is 34.9 Å². The minimum absolute atomic E-state index is 0.386. The third kappa shape index (κ3) is 5.26. The Hall–Kier alpha value is -0.860. The maximum Gasteiger partial charge on any atom is 0.0917 e. The van der Waals surface area contributed by atoms with Gasteiger partial charge in [-0.05, 0) is 31.9 Å². The second-order valence-corrected chi connectivity index (χ2v) is 5.97. The molecule has 0 fully saturated rings. The number of aryl methyl sites for hydroxylation is 2. The number of aliphatic hydroxyl groups is 1. The third-order valence-corrected chi connectivity index (χ3v) is 4.18. The molecule has 1 aromatic carbocycles. The summed E-state index contributed by atoms with van der Waals surface area (Å²) in [6, 6.07) is 6.35. The smallest absolute Gasteiger partial charge is 0.0917 e. The Labute approximate surface area is 124 Å². The molecule has 0 aliphatic carbocycles. The van der Waals surface area contributed by atoms with Gasteiger partial charge in [0.15, 0.2) is 0 Å². The molecule has 0 spiro atoms. The van der Waals surface area contributed by atoms with E-state index in [2.05, 4.69) is 57.7 Å². The van der Waals surface area contributed by atoms with Crippen LogP contribution in [0.3, 0.4) is 0 Å². The highest BCUT2D eigenvalue weighted by molar-refractivity contribution is 5.30. The minimum atomic E-state index is -0.386. The Morgan fingerprint density at radius 3 is 1.95 bits per heavy atom. The lowest BCUT2D eigenvalue weighted by molar-refractivity contribution is 0.105. The maximum atomic E-state index is 10.5. The number of hydrogen-bond acceptors (Lipinski definition) is 2. The van der Waals surface area contributed by atoms with Crippen molar-refractivity contribution in [1.29, 1.82) is 0 Å². The van der Waals surface area contributed by atoms with Crippen LogP contribution < -0.4 is 0 Å². The molecular formula is C18H31NO. The van der Waals surface area contributed by atoms with E-state index in [1.165, 1.54) is 24.0 Å². The quantitative estimate of drug-likeness (QED) is 0.773. The number of benzene rings is 1. The third-order valence-electron chi connectivity index (χ3n) is 4.18. The van der Waals surface area contributed by atoms with Gasteiger partial charge in [0.2, 0.25) is 0 Å². The molecule has 2 heteroatoms. The summed E-state index contributed by atoms with van der Waals surface area (Å²) >= 11 is 0. The van der Waals surface area contributed by atoms with Crippen LogP contribution in [0.4, 0.5) is 0 Å². The monoisotopic (exact) mass is 277 g/mol. The number of aliphatic hydroxyl groups excluding tert-OH is 1. The summed E-state index contributed by atoms with van der Waals surface area (Å²) in [7, 11) is 0. The van der Waals surface area contributed by atoms with Crippen LogP contribution in [0.15, 0.2) is 18.2 Å². The van der Waals surface area contributed by atoms with Crippen molar-refractivity contribution in [1.82, 2.24) is 4.90 Å². The molecule has 1 unspecified atom stereocenters. The van der Waals surface area contributed by atoms with E-state index in [0.29, 0.717) is 0 Å². The van der Waals surface area contributed by atoms with Gasteiger partial charge in [0, 0.05) is 13.1 Å². The molecule has 0 radical (unpaired) electrons. The predicted molar refractivity (Wildman–Crippen MR) is 87.1 cm³/mol. The topological polar surface area (TPSA) is 23.5 Å². The van der Waals surface area contributed by atoms with Gasteiger partial charge in [-0.1, -0.05) is 62.9 Å². The van der Waals surface area contributed by atoms with E-state index in [1.54, 1.807) is 0 Å². The van der Waals surface area contributed by atoms with Crippen molar-refractivity contribution in [2.45, 2.75) is 53.6 Å². The van der Waals surface area contributed by atoms with E-state index in [0.717, 1.165) is 31.1 Å². The summed E-state index contributed by atoms with van der Waals surface area (Å²) in [4.78, 5) is 2.38. The average Bonchev–Trinajstić information content (AvgIpc) is 2.42. The molecule has 0 aliphatic heterocycles. The Morgan fingerprint density at radius 1 is 0.950 bits per heavy atom. The molecular weight excluding hydrogens is 246 g/mol. The molecule has 0 saturated carbocycles. The van der Waals surface area contributed by atoms with Crippen molar-refractivity contribution in [3.63, 3.8) is 0 Å². The first kappa shape index (κ1) is 17.2. The van der Waals surface area contributed by atoms with Crippen LogP contribution >= 0.6 is 0 Å². The van der Waals surface area contributed by atoms with E-state index in [-0.39, 0.29) is 6.10 Å². The summed E-state index contributed by atoms with van der Waals surface area (Å²) in [5.74, 6) is 0.737. The Bertz CT molecular complexity index is 378. The molecule has 2 nitrogen and oxygen atoms in total. The first-order chi connectivity index (χ1) is 9.49. The fourth-order valence-electron chi connectivity index (χ4n) is 2.80. The summed E-state index contributed by atoms with van der Waals surface area (Å²) < 4.78 is 0. The summed E-state index contributed by atoms with van der Waals surface area (Å²) in [5.41, 5.74) is 3.50. The first-order valence-corrected chi connectivity index (χ1v) is 7.98. The molecule has 1 rings (SSSR count). The van der Waals surface area contributed by atoms with Gasteiger partial charge in [0.25, 0.3) is 0 Å². The SMILES string of the molecule is CCC(CC)CN(CC)CC(O)c1cc(C)cc(C)c1. The molecule has 1 N–H and O–H groups in total. The molecule has 0 amide bonds. The van der Waals surface area contributed by atoms with Gasteiger partial charge in [0.05, 0.1) is 6.10 Å². The standard InChI is InChI=1S/C18H31NO/c1-6-16(7-2)12-19(8-3)13-18(20)17-10-14(4)9-15(5)11-17/h9-11,16,18,20H,6-8,12-13H2,1-5H3. The van der Waals surface area contributed by atoms with Crippen LogP contribution in [0.1, 0.15) is 56.4 Å². The van der Waals surface area contributed by atoms with Crippen molar-refractivity contribution in [2.24, 2.45) is 5.92 Å². The number of likely N-dealkylation sites (N-methyl/N-ethyl adjacent to an activating group) is 1. The molecule has 1 aromatic rings. The molecule has 0 saturated heterocycles. The Kier molecular flexibility index (Phi) is 7.25. The van der Waals surface area contributed by atoms with Crippen LogP contribution in [0.5, 0.6) is 0 Å². The van der Waals surface area contributed by atoms with Crippen molar-refractivity contribution < 1.29 is 5.11 Å². The highest BCUT2D eigenvalue weighted by Gasteiger charge is 2.15. The lowest BCUT2D eigenvalue weighted by atomic mass is 10.0. The van der Waals surface area contributed by atoms with Crippen LogP contribution in [-0.2, 0) is 0 Å². The molecule has 0 aliphatic rings. The highest BCUT2D eigenvalue weighted by Crippen LogP contribution is 2.19. The van der Waals surface area contributed by atoms with Gasteiger partial charge in [-0.15, -0.1) is 0 Å². The van der Waals surface area contributed by atoms with Crippen LogP contribution in [0, 0.1) is 19.8 Å². The molecule has 20 heavy (non-hydrogen) atoms. The van der Waals surface area contributed by atoms with Gasteiger partial charge in [-0.25, -0.2) is 0 Å². The van der Waals surface area contributed by atoms with Crippen molar-refractivity contribution >= 4 is 0 Å². The minimum Gasteiger partial charge on any atom is -0.387 e. The van der Waals surface area contributed by atoms with Crippen LogP contribution in [0.2, 0.25) is 0 Å². The van der Waals surface area contributed by atoms with Gasteiger partial charge in [-0.2, -0.15) is 0 Å². The lowest BCUT2D eigenvalue weighted by Crippen LogP contribution is -2.33. The molecule has 0 aromatic heterocycles. The predicted octanol–water partition coefficient (Wildman–Crippen LogP) is 4.09. The molecule has 1 atom stereocenters. The fraction of sp³-hybridized carbons (Fsp3) is 0.667. The zero-order chi connectivity index (χ0) is 15.1. The van der Waals surface area contributed by atoms with Gasteiger partial charge >= 0.3 is 0 Å². The van der Waals surface area contributed by atoms with E-state index in [9.17, 15) is 5.11 Å². The van der Waals surface area contributed by atoms with Crippen molar-refractivity contribution in [2.75, 3.05) is 19.6 Å². The fourth-order valence-corrected chi connectivity index (χ4v) is 2.80.